The first-order chi connectivity index (χ1) is 12.6. The number of thioether (sulfide) groups is 1. The fourth-order valence-corrected chi connectivity index (χ4v) is 3.77. The lowest BCUT2D eigenvalue weighted by molar-refractivity contribution is -0.123. The summed E-state index contributed by atoms with van der Waals surface area (Å²) in [5.41, 5.74) is 1.74. The number of amides is 1. The third kappa shape index (κ3) is 3.99. The van der Waals surface area contributed by atoms with Crippen LogP contribution in [0.25, 0.3) is 6.08 Å². The molecular weight excluding hydrogens is 344 g/mol. The van der Waals surface area contributed by atoms with Crippen molar-refractivity contribution in [3.05, 3.63) is 65.1 Å². The molecule has 2 aromatic rings. The maximum atomic E-state index is 12.9. The summed E-state index contributed by atoms with van der Waals surface area (Å²) in [6.45, 7) is 6.52. The van der Waals surface area contributed by atoms with Crippen molar-refractivity contribution in [1.82, 2.24) is 4.90 Å². The molecule has 4 nitrogen and oxygen atoms in total. The highest BCUT2D eigenvalue weighted by atomic mass is 32.2. The molecule has 1 heterocycles. The first kappa shape index (κ1) is 18.3. The zero-order valence-corrected chi connectivity index (χ0v) is 16.0. The smallest absolute Gasteiger partial charge is 0.266 e. The van der Waals surface area contributed by atoms with Gasteiger partial charge in [-0.05, 0) is 56.8 Å². The van der Waals surface area contributed by atoms with Crippen LogP contribution in [0.5, 0.6) is 5.75 Å². The van der Waals surface area contributed by atoms with Gasteiger partial charge in [0.15, 0.2) is 5.17 Å². The Labute approximate surface area is 158 Å². The van der Waals surface area contributed by atoms with Crippen LogP contribution < -0.4 is 4.74 Å². The summed E-state index contributed by atoms with van der Waals surface area (Å²) in [7, 11) is 0. The summed E-state index contributed by atoms with van der Waals surface area (Å²) in [5, 5.41) is 0.705. The van der Waals surface area contributed by atoms with Gasteiger partial charge in [0.05, 0.1) is 17.2 Å². The van der Waals surface area contributed by atoms with Crippen molar-refractivity contribution in [2.24, 2.45) is 4.99 Å². The molecule has 1 saturated heterocycles. The molecule has 1 amide bonds. The molecule has 26 heavy (non-hydrogen) atoms. The summed E-state index contributed by atoms with van der Waals surface area (Å²) in [4.78, 5) is 20.0. The van der Waals surface area contributed by atoms with Crippen molar-refractivity contribution in [2.45, 2.75) is 26.8 Å². The molecule has 5 heteroatoms. The molecule has 0 atom stereocenters. The predicted molar refractivity (Wildman–Crippen MR) is 109 cm³/mol. The van der Waals surface area contributed by atoms with E-state index >= 15 is 0 Å². The zero-order valence-electron chi connectivity index (χ0n) is 15.2. The van der Waals surface area contributed by atoms with Gasteiger partial charge in [-0.25, -0.2) is 4.99 Å². The van der Waals surface area contributed by atoms with Gasteiger partial charge in [0.2, 0.25) is 0 Å². The van der Waals surface area contributed by atoms with E-state index in [1.54, 1.807) is 4.90 Å². The summed E-state index contributed by atoms with van der Waals surface area (Å²) >= 11 is 1.40. The number of aliphatic imine (C=N–C) groups is 1. The van der Waals surface area contributed by atoms with Gasteiger partial charge in [-0.3, -0.25) is 9.69 Å². The lowest BCUT2D eigenvalue weighted by Gasteiger charge is -2.19. The van der Waals surface area contributed by atoms with E-state index in [1.165, 1.54) is 11.8 Å². The number of ether oxygens (including phenoxy) is 1. The Morgan fingerprint density at radius 1 is 1.12 bits per heavy atom. The maximum Gasteiger partial charge on any atom is 0.266 e. The van der Waals surface area contributed by atoms with E-state index < -0.39 is 0 Å². The van der Waals surface area contributed by atoms with E-state index in [1.807, 2.05) is 81.4 Å². The number of amidine groups is 1. The summed E-state index contributed by atoms with van der Waals surface area (Å²) in [5.74, 6) is 0.756. The second-order valence-electron chi connectivity index (χ2n) is 6.08. The topological polar surface area (TPSA) is 41.9 Å². The van der Waals surface area contributed by atoms with Gasteiger partial charge in [0, 0.05) is 11.6 Å². The Kier molecular flexibility index (Phi) is 5.78. The van der Waals surface area contributed by atoms with Crippen LogP contribution in [-0.2, 0) is 4.79 Å². The van der Waals surface area contributed by atoms with Crippen LogP contribution in [0.2, 0.25) is 0 Å². The number of carbonyl (C=O) groups is 1. The van der Waals surface area contributed by atoms with Crippen LogP contribution in [0.3, 0.4) is 0 Å². The molecule has 1 aliphatic rings. The van der Waals surface area contributed by atoms with Crippen molar-refractivity contribution in [2.75, 3.05) is 6.61 Å². The molecule has 0 N–H and O–H groups in total. The number of rotatable bonds is 5. The average Bonchev–Trinajstić information content (AvgIpc) is 2.93. The molecule has 0 saturated carbocycles. The van der Waals surface area contributed by atoms with Crippen molar-refractivity contribution in [3.8, 4) is 5.75 Å². The van der Waals surface area contributed by atoms with Crippen LogP contribution in [-0.4, -0.2) is 28.6 Å². The minimum atomic E-state index is -0.0222. The predicted octanol–water partition coefficient (Wildman–Crippen LogP) is 5.10. The normalized spacial score (nSPS) is 17.5. The van der Waals surface area contributed by atoms with E-state index in [0.29, 0.717) is 16.7 Å². The quantitative estimate of drug-likeness (QED) is 0.692. The van der Waals surface area contributed by atoms with E-state index in [0.717, 1.165) is 17.0 Å². The third-order valence-electron chi connectivity index (χ3n) is 3.84. The third-order valence-corrected chi connectivity index (χ3v) is 4.82. The minimum absolute atomic E-state index is 0.0222. The Morgan fingerprint density at radius 3 is 2.50 bits per heavy atom. The molecular formula is C21H22N2O2S. The van der Waals surface area contributed by atoms with Crippen LogP contribution >= 0.6 is 11.8 Å². The SMILES string of the molecule is CCOc1ccccc1/C=C1/SC(=Nc2ccccc2)N(C(C)C)C1=O. The van der Waals surface area contributed by atoms with Gasteiger partial charge in [-0.1, -0.05) is 36.4 Å². The number of benzene rings is 2. The molecule has 0 bridgehead atoms. The van der Waals surface area contributed by atoms with Crippen LogP contribution in [0.4, 0.5) is 5.69 Å². The summed E-state index contributed by atoms with van der Waals surface area (Å²) in [6.07, 6.45) is 1.89. The largest absolute Gasteiger partial charge is 0.493 e. The monoisotopic (exact) mass is 366 g/mol. The van der Waals surface area contributed by atoms with Gasteiger partial charge < -0.3 is 4.74 Å². The van der Waals surface area contributed by atoms with E-state index in [2.05, 4.69) is 4.99 Å². The lowest BCUT2D eigenvalue weighted by atomic mass is 10.2. The van der Waals surface area contributed by atoms with Crippen molar-refractivity contribution >= 4 is 34.6 Å². The Morgan fingerprint density at radius 2 is 1.81 bits per heavy atom. The summed E-state index contributed by atoms with van der Waals surface area (Å²) in [6, 6.07) is 17.5. The Bertz CT molecular complexity index is 844. The maximum absolute atomic E-state index is 12.9. The number of hydrogen-bond acceptors (Lipinski definition) is 4. The van der Waals surface area contributed by atoms with E-state index in [9.17, 15) is 4.79 Å². The molecule has 2 aromatic carbocycles. The minimum Gasteiger partial charge on any atom is -0.493 e. The second-order valence-corrected chi connectivity index (χ2v) is 7.09. The first-order valence-electron chi connectivity index (χ1n) is 8.68. The van der Waals surface area contributed by atoms with E-state index in [4.69, 9.17) is 4.74 Å². The van der Waals surface area contributed by atoms with Gasteiger partial charge in [0.25, 0.3) is 5.91 Å². The zero-order chi connectivity index (χ0) is 18.5. The van der Waals surface area contributed by atoms with Gasteiger partial charge in [-0.2, -0.15) is 0 Å². The van der Waals surface area contributed by atoms with Gasteiger partial charge in [0.1, 0.15) is 5.75 Å². The van der Waals surface area contributed by atoms with Crippen molar-refractivity contribution in [3.63, 3.8) is 0 Å². The number of para-hydroxylation sites is 2. The highest BCUT2D eigenvalue weighted by Gasteiger charge is 2.35. The number of nitrogens with zero attached hydrogens (tertiary/aromatic N) is 2. The molecule has 1 fully saturated rings. The van der Waals surface area contributed by atoms with E-state index in [-0.39, 0.29) is 11.9 Å². The highest BCUT2D eigenvalue weighted by Crippen LogP contribution is 2.36. The van der Waals surface area contributed by atoms with Crippen LogP contribution in [0.15, 0.2) is 64.5 Å². The fourth-order valence-electron chi connectivity index (χ4n) is 2.66. The average molecular weight is 366 g/mol. The fraction of sp³-hybridized carbons (Fsp3) is 0.238. The van der Waals surface area contributed by atoms with Gasteiger partial charge >= 0.3 is 0 Å². The summed E-state index contributed by atoms with van der Waals surface area (Å²) < 4.78 is 5.67. The van der Waals surface area contributed by atoms with Gasteiger partial charge in [-0.15, -0.1) is 0 Å². The molecule has 0 aromatic heterocycles. The molecule has 0 unspecified atom stereocenters. The number of carbonyl (C=O) groups excluding carboxylic acids is 1. The first-order valence-corrected chi connectivity index (χ1v) is 9.50. The van der Waals surface area contributed by atoms with Crippen LogP contribution in [0, 0.1) is 0 Å². The molecule has 134 valence electrons. The van der Waals surface area contributed by atoms with Crippen molar-refractivity contribution < 1.29 is 9.53 Å². The lowest BCUT2D eigenvalue weighted by Crippen LogP contribution is -2.35. The Balaban J connectivity index is 1.98. The molecule has 1 aliphatic heterocycles. The molecule has 0 radical (unpaired) electrons. The molecule has 0 spiro atoms. The number of hydrogen-bond donors (Lipinski definition) is 0. The standard InChI is InChI=1S/C21H22N2O2S/c1-4-25-18-13-9-8-10-16(18)14-19-20(24)23(15(2)3)21(26-19)22-17-11-6-5-7-12-17/h5-15H,4H2,1-3H3/b19-14+,22-21?. The highest BCUT2D eigenvalue weighted by molar-refractivity contribution is 8.18. The molecule has 0 aliphatic carbocycles. The molecule has 3 rings (SSSR count). The second kappa shape index (κ2) is 8.23. The van der Waals surface area contributed by atoms with Crippen molar-refractivity contribution in [1.29, 1.82) is 0 Å². The van der Waals surface area contributed by atoms with Crippen LogP contribution in [0.1, 0.15) is 26.3 Å². The Hall–Kier alpha value is -2.53.